The van der Waals surface area contributed by atoms with Gasteiger partial charge < -0.3 is 5.73 Å². The van der Waals surface area contributed by atoms with Crippen LogP contribution in [0.3, 0.4) is 0 Å². The molecule has 0 saturated carbocycles. The van der Waals surface area contributed by atoms with E-state index in [4.69, 9.17) is 5.73 Å². The quantitative estimate of drug-likeness (QED) is 0.840. The van der Waals surface area contributed by atoms with Crippen LogP contribution in [0.5, 0.6) is 0 Å². The van der Waals surface area contributed by atoms with Crippen LogP contribution in [0.2, 0.25) is 0 Å². The molecule has 1 aromatic heterocycles. The van der Waals surface area contributed by atoms with E-state index in [9.17, 15) is 0 Å². The summed E-state index contributed by atoms with van der Waals surface area (Å²) >= 11 is 0. The van der Waals surface area contributed by atoms with Crippen molar-refractivity contribution in [2.75, 3.05) is 13.1 Å². The summed E-state index contributed by atoms with van der Waals surface area (Å²) in [6.07, 6.45) is 4.68. The van der Waals surface area contributed by atoms with E-state index in [1.807, 2.05) is 12.4 Å². The third-order valence-corrected chi connectivity index (χ3v) is 3.61. The number of hydrogen-bond acceptors (Lipinski definition) is 3. The lowest BCUT2D eigenvalue weighted by atomic mass is 10.0. The van der Waals surface area contributed by atoms with Crippen LogP contribution < -0.4 is 5.73 Å². The Morgan fingerprint density at radius 2 is 1.80 bits per heavy atom. The number of rotatable bonds is 7. The molecule has 106 valence electrons. The molecule has 1 atom stereocenters. The van der Waals surface area contributed by atoms with Gasteiger partial charge in [0, 0.05) is 25.0 Å². The summed E-state index contributed by atoms with van der Waals surface area (Å²) in [6.45, 7) is 4.83. The van der Waals surface area contributed by atoms with Gasteiger partial charge in [0.2, 0.25) is 0 Å². The molecule has 2 aromatic rings. The zero-order valence-electron chi connectivity index (χ0n) is 12.1. The van der Waals surface area contributed by atoms with Crippen molar-refractivity contribution in [1.29, 1.82) is 0 Å². The van der Waals surface area contributed by atoms with E-state index in [-0.39, 0.29) is 0 Å². The molecule has 0 bridgehead atoms. The highest BCUT2D eigenvalue weighted by Gasteiger charge is 2.18. The molecule has 0 spiro atoms. The fraction of sp³-hybridized carbons (Fsp3) is 0.353. The Hall–Kier alpha value is -1.71. The van der Waals surface area contributed by atoms with E-state index in [1.165, 1.54) is 11.1 Å². The summed E-state index contributed by atoms with van der Waals surface area (Å²) in [7, 11) is 0. The topological polar surface area (TPSA) is 42.2 Å². The lowest BCUT2D eigenvalue weighted by Crippen LogP contribution is -2.30. The monoisotopic (exact) mass is 269 g/mol. The maximum atomic E-state index is 5.82. The standard InChI is InChI=1S/C17H23N3/c1-2-20(14-15-9-12-19-13-10-15)17(8-11-18)16-6-4-3-5-7-16/h3-7,9-10,12-13,17H,2,8,11,14,18H2,1H3. The summed E-state index contributed by atoms with van der Waals surface area (Å²) < 4.78 is 0. The van der Waals surface area contributed by atoms with E-state index >= 15 is 0 Å². The molecular formula is C17H23N3. The Morgan fingerprint density at radius 3 is 2.40 bits per heavy atom. The number of aromatic nitrogens is 1. The van der Waals surface area contributed by atoms with E-state index in [0.29, 0.717) is 12.6 Å². The number of benzene rings is 1. The van der Waals surface area contributed by atoms with Gasteiger partial charge in [-0.3, -0.25) is 9.88 Å². The van der Waals surface area contributed by atoms with Gasteiger partial charge in [0.25, 0.3) is 0 Å². The Morgan fingerprint density at radius 1 is 1.10 bits per heavy atom. The third kappa shape index (κ3) is 3.89. The molecule has 2 N–H and O–H groups in total. The second kappa shape index (κ2) is 7.78. The molecule has 3 heteroatoms. The minimum Gasteiger partial charge on any atom is -0.330 e. The average molecular weight is 269 g/mol. The summed E-state index contributed by atoms with van der Waals surface area (Å²) in [4.78, 5) is 6.55. The smallest absolute Gasteiger partial charge is 0.0363 e. The average Bonchev–Trinajstić information content (AvgIpc) is 2.52. The van der Waals surface area contributed by atoms with Crippen molar-refractivity contribution in [3.8, 4) is 0 Å². The lowest BCUT2D eigenvalue weighted by molar-refractivity contribution is 0.190. The molecule has 0 fully saturated rings. The Kier molecular flexibility index (Phi) is 5.71. The molecule has 1 unspecified atom stereocenters. The molecular weight excluding hydrogens is 246 g/mol. The fourth-order valence-corrected chi connectivity index (χ4v) is 2.56. The summed E-state index contributed by atoms with van der Waals surface area (Å²) in [5, 5.41) is 0. The van der Waals surface area contributed by atoms with Crippen molar-refractivity contribution in [3.05, 3.63) is 66.0 Å². The maximum absolute atomic E-state index is 5.82. The molecule has 1 aromatic carbocycles. The van der Waals surface area contributed by atoms with Gasteiger partial charge >= 0.3 is 0 Å². The normalized spacial score (nSPS) is 12.6. The molecule has 0 amide bonds. The van der Waals surface area contributed by atoms with Gasteiger partial charge in [0.05, 0.1) is 0 Å². The summed E-state index contributed by atoms with van der Waals surface area (Å²) in [5.74, 6) is 0. The molecule has 0 saturated heterocycles. The second-order valence-corrected chi connectivity index (χ2v) is 4.92. The first-order valence-electron chi connectivity index (χ1n) is 7.23. The first kappa shape index (κ1) is 14.7. The Bertz CT molecular complexity index is 484. The minimum absolute atomic E-state index is 0.374. The van der Waals surface area contributed by atoms with E-state index in [1.54, 1.807) is 0 Å². The maximum Gasteiger partial charge on any atom is 0.0363 e. The highest BCUT2D eigenvalue weighted by Crippen LogP contribution is 2.25. The molecule has 0 aliphatic rings. The zero-order valence-corrected chi connectivity index (χ0v) is 12.1. The summed E-state index contributed by atoms with van der Waals surface area (Å²) in [6, 6.07) is 15.2. The Balaban J connectivity index is 2.17. The molecule has 3 nitrogen and oxygen atoms in total. The first-order chi connectivity index (χ1) is 9.85. The van der Waals surface area contributed by atoms with Crippen LogP contribution in [0.1, 0.15) is 30.5 Å². The van der Waals surface area contributed by atoms with Gasteiger partial charge in [-0.05, 0) is 42.8 Å². The van der Waals surface area contributed by atoms with Crippen molar-refractivity contribution in [2.45, 2.75) is 25.9 Å². The van der Waals surface area contributed by atoms with Gasteiger partial charge in [-0.1, -0.05) is 37.3 Å². The first-order valence-corrected chi connectivity index (χ1v) is 7.23. The molecule has 2 rings (SSSR count). The van der Waals surface area contributed by atoms with Gasteiger partial charge in [-0.2, -0.15) is 0 Å². The highest BCUT2D eigenvalue weighted by molar-refractivity contribution is 5.20. The lowest BCUT2D eigenvalue weighted by Gasteiger charge is -2.31. The van der Waals surface area contributed by atoms with E-state index in [2.05, 4.69) is 59.3 Å². The van der Waals surface area contributed by atoms with Gasteiger partial charge in [-0.25, -0.2) is 0 Å². The number of hydrogen-bond donors (Lipinski definition) is 1. The summed E-state index contributed by atoms with van der Waals surface area (Å²) in [5.41, 5.74) is 8.45. The molecule has 20 heavy (non-hydrogen) atoms. The van der Waals surface area contributed by atoms with Crippen molar-refractivity contribution in [2.24, 2.45) is 5.73 Å². The molecule has 0 aliphatic carbocycles. The van der Waals surface area contributed by atoms with Crippen LogP contribution in [-0.2, 0) is 6.54 Å². The minimum atomic E-state index is 0.374. The molecule has 0 radical (unpaired) electrons. The third-order valence-electron chi connectivity index (χ3n) is 3.61. The van der Waals surface area contributed by atoms with Crippen molar-refractivity contribution in [1.82, 2.24) is 9.88 Å². The second-order valence-electron chi connectivity index (χ2n) is 4.92. The number of nitrogens with zero attached hydrogens (tertiary/aromatic N) is 2. The van der Waals surface area contributed by atoms with Crippen molar-refractivity contribution >= 4 is 0 Å². The van der Waals surface area contributed by atoms with Crippen LogP contribution in [0, 0.1) is 0 Å². The number of pyridine rings is 1. The van der Waals surface area contributed by atoms with Crippen LogP contribution in [0.25, 0.3) is 0 Å². The van der Waals surface area contributed by atoms with Crippen molar-refractivity contribution < 1.29 is 0 Å². The van der Waals surface area contributed by atoms with Crippen LogP contribution in [0.4, 0.5) is 0 Å². The van der Waals surface area contributed by atoms with Crippen molar-refractivity contribution in [3.63, 3.8) is 0 Å². The highest BCUT2D eigenvalue weighted by atomic mass is 15.1. The predicted molar refractivity (Wildman–Crippen MR) is 83.2 cm³/mol. The van der Waals surface area contributed by atoms with Gasteiger partial charge in [-0.15, -0.1) is 0 Å². The van der Waals surface area contributed by atoms with Gasteiger partial charge in [0.15, 0.2) is 0 Å². The molecule has 1 heterocycles. The molecule has 0 aliphatic heterocycles. The SMILES string of the molecule is CCN(Cc1ccncc1)C(CCN)c1ccccc1. The predicted octanol–water partition coefficient (Wildman–Crippen LogP) is 2.99. The number of nitrogens with two attached hydrogens (primary N) is 1. The van der Waals surface area contributed by atoms with Crippen LogP contribution in [0.15, 0.2) is 54.9 Å². The van der Waals surface area contributed by atoms with Crippen LogP contribution >= 0.6 is 0 Å². The Labute approximate surface area is 121 Å². The van der Waals surface area contributed by atoms with Crippen LogP contribution in [-0.4, -0.2) is 23.0 Å². The van der Waals surface area contributed by atoms with E-state index < -0.39 is 0 Å². The fourth-order valence-electron chi connectivity index (χ4n) is 2.56. The largest absolute Gasteiger partial charge is 0.330 e. The van der Waals surface area contributed by atoms with E-state index in [0.717, 1.165) is 19.5 Å². The zero-order chi connectivity index (χ0) is 14.2. The van der Waals surface area contributed by atoms with Gasteiger partial charge in [0.1, 0.15) is 0 Å².